The number of hydrogen-bond acceptors (Lipinski definition) is 5. The van der Waals surface area contributed by atoms with Crippen LogP contribution in [0.5, 0.6) is 5.75 Å². The maximum atomic E-state index is 12.2. The largest absolute Gasteiger partial charge is 0.491 e. The number of carbonyl (C=O) groups is 1. The molecule has 1 aromatic carbocycles. The van der Waals surface area contributed by atoms with Gasteiger partial charge >= 0.3 is 5.97 Å². The first kappa shape index (κ1) is 16.4. The minimum atomic E-state index is -0.383. The van der Waals surface area contributed by atoms with Gasteiger partial charge in [-0.05, 0) is 45.4 Å². The fraction of sp³-hybridized carbons (Fsp3) is 0.353. The minimum absolute atomic E-state index is 0.124. The zero-order chi connectivity index (χ0) is 16.3. The van der Waals surface area contributed by atoms with Crippen LogP contribution >= 0.6 is 11.3 Å². The molecule has 0 atom stereocenters. The summed E-state index contributed by atoms with van der Waals surface area (Å²) in [5.74, 6) is 0.416. The molecule has 2 N–H and O–H groups in total. The van der Waals surface area contributed by atoms with Crippen molar-refractivity contribution in [1.29, 1.82) is 0 Å². The van der Waals surface area contributed by atoms with E-state index in [1.807, 2.05) is 57.3 Å². The number of nitrogens with two attached hydrogens (primary N) is 1. The van der Waals surface area contributed by atoms with Crippen LogP contribution in [0.2, 0.25) is 0 Å². The molecule has 1 aromatic heterocycles. The fourth-order valence-electron chi connectivity index (χ4n) is 2.05. The van der Waals surface area contributed by atoms with E-state index < -0.39 is 0 Å². The quantitative estimate of drug-likeness (QED) is 0.832. The van der Waals surface area contributed by atoms with Gasteiger partial charge in [0.05, 0.1) is 12.2 Å². The van der Waals surface area contributed by atoms with E-state index in [2.05, 4.69) is 0 Å². The molecule has 4 nitrogen and oxygen atoms in total. The number of thiophene rings is 1. The van der Waals surface area contributed by atoms with E-state index in [9.17, 15) is 4.79 Å². The topological polar surface area (TPSA) is 61.5 Å². The van der Waals surface area contributed by atoms with Gasteiger partial charge in [-0.15, -0.1) is 11.3 Å². The molecule has 0 aliphatic heterocycles. The van der Waals surface area contributed by atoms with Crippen molar-refractivity contribution in [3.63, 3.8) is 0 Å². The van der Waals surface area contributed by atoms with E-state index in [4.69, 9.17) is 15.2 Å². The molecular weight excluding hydrogens is 298 g/mol. The second-order valence-electron chi connectivity index (χ2n) is 5.53. The zero-order valence-electron chi connectivity index (χ0n) is 13.3. The summed E-state index contributed by atoms with van der Waals surface area (Å²) in [6, 6.07) is 7.62. The predicted octanol–water partition coefficient (Wildman–Crippen LogP) is 4.35. The SMILES string of the molecule is CC(C)OC(=O)c1c(-c2ccc(OC(C)C)cc2)csc1N. The molecule has 118 valence electrons. The first-order valence-corrected chi connectivity index (χ1v) is 8.11. The number of carbonyl (C=O) groups excluding carboxylic acids is 1. The zero-order valence-corrected chi connectivity index (χ0v) is 14.1. The molecular formula is C17H21NO3S. The summed E-state index contributed by atoms with van der Waals surface area (Å²) < 4.78 is 10.9. The Morgan fingerprint density at radius 1 is 1.09 bits per heavy atom. The van der Waals surface area contributed by atoms with Gasteiger partial charge in [-0.3, -0.25) is 0 Å². The summed E-state index contributed by atoms with van der Waals surface area (Å²) in [5.41, 5.74) is 8.10. The van der Waals surface area contributed by atoms with Crippen molar-refractivity contribution in [2.24, 2.45) is 0 Å². The third-order valence-electron chi connectivity index (χ3n) is 2.90. The highest BCUT2D eigenvalue weighted by molar-refractivity contribution is 7.14. The summed E-state index contributed by atoms with van der Waals surface area (Å²) in [6.07, 6.45) is -0.0549. The van der Waals surface area contributed by atoms with Crippen LogP contribution in [0.25, 0.3) is 11.1 Å². The molecule has 0 aliphatic carbocycles. The highest BCUT2D eigenvalue weighted by Crippen LogP contribution is 2.35. The van der Waals surface area contributed by atoms with Crippen molar-refractivity contribution in [2.45, 2.75) is 39.9 Å². The van der Waals surface area contributed by atoms with Crippen LogP contribution in [0.3, 0.4) is 0 Å². The van der Waals surface area contributed by atoms with Crippen LogP contribution in [0.15, 0.2) is 29.6 Å². The minimum Gasteiger partial charge on any atom is -0.491 e. The average molecular weight is 319 g/mol. The lowest BCUT2D eigenvalue weighted by Gasteiger charge is -2.11. The highest BCUT2D eigenvalue weighted by atomic mass is 32.1. The number of esters is 1. The van der Waals surface area contributed by atoms with Crippen LogP contribution in [0, 0.1) is 0 Å². The second kappa shape index (κ2) is 6.83. The van der Waals surface area contributed by atoms with Gasteiger partial charge in [-0.25, -0.2) is 4.79 Å². The standard InChI is InChI=1S/C17H21NO3S/c1-10(2)20-13-7-5-12(6-8-13)14-9-22-16(18)15(14)17(19)21-11(3)4/h5-11H,18H2,1-4H3. The second-order valence-corrected chi connectivity index (χ2v) is 6.44. The van der Waals surface area contributed by atoms with Crippen LogP contribution in [0.1, 0.15) is 38.1 Å². The van der Waals surface area contributed by atoms with Crippen LogP contribution in [-0.4, -0.2) is 18.2 Å². The molecule has 2 aromatic rings. The van der Waals surface area contributed by atoms with Gasteiger partial charge in [0, 0.05) is 10.9 Å². The van der Waals surface area contributed by atoms with Gasteiger partial charge in [0.1, 0.15) is 16.3 Å². The van der Waals surface area contributed by atoms with Crippen molar-refractivity contribution >= 4 is 22.3 Å². The molecule has 5 heteroatoms. The van der Waals surface area contributed by atoms with E-state index >= 15 is 0 Å². The Kier molecular flexibility index (Phi) is 5.08. The van der Waals surface area contributed by atoms with Crippen molar-refractivity contribution < 1.29 is 14.3 Å². The lowest BCUT2D eigenvalue weighted by Crippen LogP contribution is -2.13. The lowest BCUT2D eigenvalue weighted by atomic mass is 10.0. The molecule has 2 rings (SSSR count). The Balaban J connectivity index is 2.31. The van der Waals surface area contributed by atoms with Crippen molar-refractivity contribution in [1.82, 2.24) is 0 Å². The van der Waals surface area contributed by atoms with Gasteiger partial charge in [0.15, 0.2) is 0 Å². The van der Waals surface area contributed by atoms with Gasteiger partial charge in [-0.1, -0.05) is 12.1 Å². The molecule has 0 radical (unpaired) electrons. The average Bonchev–Trinajstić information content (AvgIpc) is 2.80. The van der Waals surface area contributed by atoms with E-state index in [1.54, 1.807) is 0 Å². The molecule has 0 fully saturated rings. The molecule has 0 aliphatic rings. The van der Waals surface area contributed by atoms with E-state index in [-0.39, 0.29) is 18.2 Å². The van der Waals surface area contributed by atoms with Crippen LogP contribution in [-0.2, 0) is 4.74 Å². The number of benzene rings is 1. The Bertz CT molecular complexity index is 644. The van der Waals surface area contributed by atoms with Gasteiger partial charge in [-0.2, -0.15) is 0 Å². The first-order chi connectivity index (χ1) is 10.4. The lowest BCUT2D eigenvalue weighted by molar-refractivity contribution is 0.0380. The Morgan fingerprint density at radius 3 is 2.27 bits per heavy atom. The number of hydrogen-bond donors (Lipinski definition) is 1. The smallest absolute Gasteiger partial charge is 0.342 e. The van der Waals surface area contributed by atoms with Crippen molar-refractivity contribution in [3.8, 4) is 16.9 Å². The summed E-state index contributed by atoms with van der Waals surface area (Å²) in [6.45, 7) is 7.59. The third-order valence-corrected chi connectivity index (χ3v) is 3.72. The van der Waals surface area contributed by atoms with E-state index in [0.717, 1.165) is 16.9 Å². The number of nitrogen functional groups attached to an aromatic ring is 1. The van der Waals surface area contributed by atoms with Crippen molar-refractivity contribution in [2.75, 3.05) is 5.73 Å². The molecule has 0 unspecified atom stereocenters. The molecule has 0 bridgehead atoms. The third kappa shape index (κ3) is 3.80. The number of rotatable bonds is 5. The summed E-state index contributed by atoms with van der Waals surface area (Å²) in [4.78, 5) is 12.2. The van der Waals surface area contributed by atoms with Crippen LogP contribution in [0.4, 0.5) is 5.00 Å². The van der Waals surface area contributed by atoms with Gasteiger partial charge in [0.2, 0.25) is 0 Å². The summed E-state index contributed by atoms with van der Waals surface area (Å²) in [5, 5.41) is 2.35. The Morgan fingerprint density at radius 2 is 1.73 bits per heavy atom. The molecule has 1 heterocycles. The molecule has 22 heavy (non-hydrogen) atoms. The maximum absolute atomic E-state index is 12.2. The van der Waals surface area contributed by atoms with E-state index in [0.29, 0.717) is 10.6 Å². The number of ether oxygens (including phenoxy) is 2. The molecule has 0 amide bonds. The van der Waals surface area contributed by atoms with Crippen LogP contribution < -0.4 is 10.5 Å². The number of anilines is 1. The fourth-order valence-corrected chi connectivity index (χ4v) is 2.86. The summed E-state index contributed by atoms with van der Waals surface area (Å²) in [7, 11) is 0. The van der Waals surface area contributed by atoms with Gasteiger partial charge in [0.25, 0.3) is 0 Å². The normalized spacial score (nSPS) is 11.0. The maximum Gasteiger partial charge on any atom is 0.342 e. The van der Waals surface area contributed by atoms with Gasteiger partial charge < -0.3 is 15.2 Å². The monoisotopic (exact) mass is 319 g/mol. The highest BCUT2D eigenvalue weighted by Gasteiger charge is 2.21. The van der Waals surface area contributed by atoms with Crippen molar-refractivity contribution in [3.05, 3.63) is 35.2 Å². The predicted molar refractivity (Wildman–Crippen MR) is 90.5 cm³/mol. The molecule has 0 saturated carbocycles. The first-order valence-electron chi connectivity index (χ1n) is 7.23. The Labute approximate surface area is 134 Å². The molecule has 0 saturated heterocycles. The Hall–Kier alpha value is -2.01. The molecule has 0 spiro atoms. The van der Waals surface area contributed by atoms with E-state index in [1.165, 1.54) is 11.3 Å². The summed E-state index contributed by atoms with van der Waals surface area (Å²) >= 11 is 1.34.